The van der Waals surface area contributed by atoms with Crippen LogP contribution in [-0.4, -0.2) is 29.3 Å². The predicted molar refractivity (Wildman–Crippen MR) is 82.6 cm³/mol. The molecule has 0 saturated carbocycles. The number of nitrogens with zero attached hydrogens (tertiary/aromatic N) is 2. The number of methoxy groups -OCH3 is 1. The molecule has 0 saturated heterocycles. The molecule has 1 aromatic carbocycles. The number of rotatable bonds is 6. The van der Waals surface area contributed by atoms with Crippen LogP contribution in [-0.2, 0) is 11.2 Å². The molecule has 0 aliphatic rings. The van der Waals surface area contributed by atoms with Crippen molar-refractivity contribution in [3.05, 3.63) is 34.8 Å². The number of aromatic nitrogens is 2. The zero-order valence-corrected chi connectivity index (χ0v) is 12.8. The fourth-order valence-corrected chi connectivity index (χ4v) is 2.59. The summed E-state index contributed by atoms with van der Waals surface area (Å²) in [5, 5.41) is 12.1. The van der Waals surface area contributed by atoms with Gasteiger partial charge in [-0.15, -0.1) is 10.2 Å². The van der Waals surface area contributed by atoms with Crippen LogP contribution in [0.1, 0.15) is 23.9 Å². The molecule has 7 heteroatoms. The monoisotopic (exact) mass is 306 g/mol. The highest BCUT2D eigenvalue weighted by Crippen LogP contribution is 2.21. The molecule has 0 bridgehead atoms. The topological polar surface area (TPSA) is 90.1 Å². The van der Waals surface area contributed by atoms with E-state index in [0.29, 0.717) is 11.6 Å². The number of ether oxygens (including phenoxy) is 1. The van der Waals surface area contributed by atoms with Crippen molar-refractivity contribution in [2.24, 2.45) is 5.73 Å². The van der Waals surface area contributed by atoms with Gasteiger partial charge in [0.25, 0.3) is 0 Å². The van der Waals surface area contributed by atoms with E-state index in [4.69, 9.17) is 10.5 Å². The van der Waals surface area contributed by atoms with E-state index in [1.54, 1.807) is 14.0 Å². The van der Waals surface area contributed by atoms with E-state index in [2.05, 4.69) is 15.5 Å². The molecule has 0 radical (unpaired) electrons. The van der Waals surface area contributed by atoms with Crippen molar-refractivity contribution in [1.82, 2.24) is 10.2 Å². The third-order valence-corrected chi connectivity index (χ3v) is 3.55. The maximum absolute atomic E-state index is 11.6. The highest BCUT2D eigenvalue weighted by Gasteiger charge is 2.10. The Labute approximate surface area is 127 Å². The molecule has 0 aliphatic carbocycles. The summed E-state index contributed by atoms with van der Waals surface area (Å²) in [7, 11) is 1.64. The summed E-state index contributed by atoms with van der Waals surface area (Å²) in [4.78, 5) is 11.6. The Morgan fingerprint density at radius 1 is 1.48 bits per heavy atom. The van der Waals surface area contributed by atoms with Gasteiger partial charge in [0, 0.05) is 18.9 Å². The Morgan fingerprint density at radius 2 is 2.29 bits per heavy atom. The Balaban J connectivity index is 1.98. The van der Waals surface area contributed by atoms with Gasteiger partial charge in [-0.3, -0.25) is 4.79 Å². The van der Waals surface area contributed by atoms with E-state index >= 15 is 0 Å². The molecule has 3 N–H and O–H groups in total. The molecule has 0 aliphatic heterocycles. The average Bonchev–Trinajstić information content (AvgIpc) is 2.85. The number of amides is 1. The fourth-order valence-electron chi connectivity index (χ4n) is 1.80. The van der Waals surface area contributed by atoms with Crippen LogP contribution in [0, 0.1) is 0 Å². The summed E-state index contributed by atoms with van der Waals surface area (Å²) in [6.07, 6.45) is 0.919. The van der Waals surface area contributed by atoms with Crippen LogP contribution in [0.3, 0.4) is 0 Å². The van der Waals surface area contributed by atoms with Crippen molar-refractivity contribution >= 4 is 22.4 Å². The molecular formula is C14H18N4O2S. The van der Waals surface area contributed by atoms with Gasteiger partial charge in [-0.25, -0.2) is 0 Å². The molecule has 1 atom stereocenters. The number of hydrogen-bond donors (Lipinski definition) is 2. The van der Waals surface area contributed by atoms with E-state index in [9.17, 15) is 4.79 Å². The molecule has 1 amide bonds. The second-order valence-corrected chi connectivity index (χ2v) is 5.82. The Bertz CT molecular complexity index is 613. The molecule has 0 spiro atoms. The van der Waals surface area contributed by atoms with Crippen LogP contribution >= 0.6 is 11.3 Å². The smallest absolute Gasteiger partial charge is 0.227 e. The molecule has 6 nitrogen and oxygen atoms in total. The predicted octanol–water partition coefficient (Wildman–Crippen LogP) is 1.81. The van der Waals surface area contributed by atoms with Crippen LogP contribution in [0.25, 0.3) is 0 Å². The minimum absolute atomic E-state index is 0.144. The lowest BCUT2D eigenvalue weighted by Gasteiger charge is -2.03. The summed E-state index contributed by atoms with van der Waals surface area (Å²) in [6, 6.07) is 7.60. The number of hydrogen-bond acceptors (Lipinski definition) is 6. The maximum Gasteiger partial charge on any atom is 0.227 e. The molecule has 1 unspecified atom stereocenters. The van der Waals surface area contributed by atoms with Gasteiger partial charge in [-0.2, -0.15) is 0 Å². The first-order valence-corrected chi connectivity index (χ1v) is 7.39. The molecule has 1 aromatic heterocycles. The SMILES string of the molecule is COc1cccc(Cc2nnc(NC(=O)CC(C)N)s2)c1. The summed E-state index contributed by atoms with van der Waals surface area (Å²) in [5.41, 5.74) is 6.66. The molecular weight excluding hydrogens is 288 g/mol. The van der Waals surface area contributed by atoms with E-state index in [-0.39, 0.29) is 18.4 Å². The van der Waals surface area contributed by atoms with Crippen LogP contribution < -0.4 is 15.8 Å². The zero-order chi connectivity index (χ0) is 15.2. The number of carbonyl (C=O) groups excluding carboxylic acids is 1. The Kier molecular flexibility index (Phi) is 5.24. The summed E-state index contributed by atoms with van der Waals surface area (Å²) in [5.74, 6) is 0.663. The van der Waals surface area contributed by atoms with Crippen molar-refractivity contribution in [2.75, 3.05) is 12.4 Å². The highest BCUT2D eigenvalue weighted by molar-refractivity contribution is 7.15. The standard InChI is InChI=1S/C14H18N4O2S/c1-9(15)6-12(19)16-14-18-17-13(21-14)8-10-4-3-5-11(7-10)20-2/h3-5,7,9H,6,8,15H2,1-2H3,(H,16,18,19). The Hall–Kier alpha value is -1.99. The first-order chi connectivity index (χ1) is 10.1. The van der Waals surface area contributed by atoms with Gasteiger partial charge < -0.3 is 15.8 Å². The first kappa shape index (κ1) is 15.4. The summed E-state index contributed by atoms with van der Waals surface area (Å²) in [6.45, 7) is 1.79. The van der Waals surface area contributed by atoms with E-state index < -0.39 is 0 Å². The molecule has 112 valence electrons. The number of nitrogens with one attached hydrogen (secondary N) is 1. The lowest BCUT2D eigenvalue weighted by atomic mass is 10.1. The van der Waals surface area contributed by atoms with Gasteiger partial charge in [0.1, 0.15) is 10.8 Å². The zero-order valence-electron chi connectivity index (χ0n) is 12.0. The third-order valence-electron chi connectivity index (χ3n) is 2.71. The summed E-state index contributed by atoms with van der Waals surface area (Å²) < 4.78 is 5.19. The van der Waals surface area contributed by atoms with Crippen LogP contribution in [0.4, 0.5) is 5.13 Å². The van der Waals surface area contributed by atoms with Crippen molar-refractivity contribution < 1.29 is 9.53 Å². The fraction of sp³-hybridized carbons (Fsp3) is 0.357. The molecule has 0 fully saturated rings. The number of anilines is 1. The quantitative estimate of drug-likeness (QED) is 0.849. The van der Waals surface area contributed by atoms with Crippen LogP contribution in [0.2, 0.25) is 0 Å². The van der Waals surface area contributed by atoms with Gasteiger partial charge in [0.15, 0.2) is 0 Å². The van der Waals surface area contributed by atoms with Gasteiger partial charge in [0.05, 0.1) is 7.11 Å². The number of nitrogens with two attached hydrogens (primary N) is 1. The number of benzene rings is 1. The lowest BCUT2D eigenvalue weighted by Crippen LogP contribution is -2.23. The van der Waals surface area contributed by atoms with Gasteiger partial charge >= 0.3 is 0 Å². The van der Waals surface area contributed by atoms with Gasteiger partial charge in [-0.1, -0.05) is 23.5 Å². The highest BCUT2D eigenvalue weighted by atomic mass is 32.1. The normalized spacial score (nSPS) is 12.0. The van der Waals surface area contributed by atoms with E-state index in [0.717, 1.165) is 16.3 Å². The average molecular weight is 306 g/mol. The van der Waals surface area contributed by atoms with E-state index in [1.165, 1.54) is 11.3 Å². The largest absolute Gasteiger partial charge is 0.497 e. The van der Waals surface area contributed by atoms with Gasteiger partial charge in [-0.05, 0) is 24.6 Å². The second-order valence-electron chi connectivity index (χ2n) is 4.76. The van der Waals surface area contributed by atoms with Crippen LogP contribution in [0.15, 0.2) is 24.3 Å². The Morgan fingerprint density at radius 3 is 3.00 bits per heavy atom. The van der Waals surface area contributed by atoms with Crippen molar-refractivity contribution in [1.29, 1.82) is 0 Å². The molecule has 2 aromatic rings. The first-order valence-electron chi connectivity index (χ1n) is 6.57. The van der Waals surface area contributed by atoms with Crippen molar-refractivity contribution in [3.8, 4) is 5.75 Å². The van der Waals surface area contributed by atoms with Crippen molar-refractivity contribution in [2.45, 2.75) is 25.8 Å². The van der Waals surface area contributed by atoms with Gasteiger partial charge in [0.2, 0.25) is 11.0 Å². The number of carbonyl (C=O) groups is 1. The van der Waals surface area contributed by atoms with Crippen molar-refractivity contribution in [3.63, 3.8) is 0 Å². The molecule has 21 heavy (non-hydrogen) atoms. The van der Waals surface area contributed by atoms with E-state index in [1.807, 2.05) is 24.3 Å². The molecule has 1 heterocycles. The minimum Gasteiger partial charge on any atom is -0.497 e. The lowest BCUT2D eigenvalue weighted by molar-refractivity contribution is -0.116. The summed E-state index contributed by atoms with van der Waals surface area (Å²) >= 11 is 1.36. The molecule has 2 rings (SSSR count). The minimum atomic E-state index is -0.172. The maximum atomic E-state index is 11.6. The third kappa shape index (κ3) is 4.80. The van der Waals surface area contributed by atoms with Crippen LogP contribution in [0.5, 0.6) is 5.75 Å². The second kappa shape index (κ2) is 7.14.